The number of hydrogen-bond donors (Lipinski definition) is 0. The molecule has 2 aliphatic rings. The zero-order chi connectivity index (χ0) is 16.5. The Hall–Kier alpha value is -3.14. The number of rotatable bonds is 3. The van der Waals surface area contributed by atoms with E-state index in [4.69, 9.17) is 9.15 Å². The van der Waals surface area contributed by atoms with Crippen LogP contribution in [0.1, 0.15) is 11.1 Å². The van der Waals surface area contributed by atoms with E-state index in [2.05, 4.69) is 4.98 Å². The zero-order valence-corrected chi connectivity index (χ0v) is 13.2. The molecular formula is C20H15NO3. The smallest absolute Gasteiger partial charge is 0.182 e. The average Bonchev–Trinajstić information content (AvgIpc) is 2.60. The Morgan fingerprint density at radius 2 is 1.75 bits per heavy atom. The minimum atomic E-state index is -0.0817. The summed E-state index contributed by atoms with van der Waals surface area (Å²) in [7, 11) is 1.66. The molecule has 1 aliphatic heterocycles. The van der Waals surface area contributed by atoms with Crippen LogP contribution >= 0.6 is 0 Å². The van der Waals surface area contributed by atoms with Crippen LogP contribution in [-0.2, 0) is 6.42 Å². The van der Waals surface area contributed by atoms with E-state index in [0.29, 0.717) is 17.0 Å². The van der Waals surface area contributed by atoms with Gasteiger partial charge in [-0.05, 0) is 53.9 Å². The lowest BCUT2D eigenvalue weighted by Crippen LogP contribution is -1.99. The number of benzene rings is 3. The summed E-state index contributed by atoms with van der Waals surface area (Å²) in [5.41, 5.74) is 4.37. The second-order valence-electron chi connectivity index (χ2n) is 5.67. The van der Waals surface area contributed by atoms with Crippen LogP contribution in [0.15, 0.2) is 69.9 Å². The Balaban J connectivity index is 1.72. The molecule has 0 N–H and O–H groups in total. The highest BCUT2D eigenvalue weighted by molar-refractivity contribution is 5.77. The molecule has 0 aromatic heterocycles. The Labute approximate surface area is 138 Å². The topological polar surface area (TPSA) is 52.3 Å². The summed E-state index contributed by atoms with van der Waals surface area (Å²) in [5, 5.41) is 0. The molecule has 1 heterocycles. The van der Waals surface area contributed by atoms with Crippen molar-refractivity contribution in [2.75, 3.05) is 7.11 Å². The molecule has 0 unspecified atom stereocenters. The van der Waals surface area contributed by atoms with Crippen molar-refractivity contribution in [1.29, 1.82) is 0 Å². The molecule has 4 rings (SSSR count). The molecule has 0 spiro atoms. The fourth-order valence-electron chi connectivity index (χ4n) is 2.74. The predicted molar refractivity (Wildman–Crippen MR) is 92.7 cm³/mol. The quantitative estimate of drug-likeness (QED) is 0.538. The minimum Gasteiger partial charge on any atom is -0.497 e. The van der Waals surface area contributed by atoms with E-state index in [1.165, 1.54) is 17.7 Å². The Bertz CT molecular complexity index is 1030. The molecule has 0 amide bonds. The predicted octanol–water partition coefficient (Wildman–Crippen LogP) is 3.89. The second-order valence-corrected chi connectivity index (χ2v) is 5.67. The first-order chi connectivity index (χ1) is 11.7. The lowest BCUT2D eigenvalue weighted by atomic mass is 10.0. The van der Waals surface area contributed by atoms with Gasteiger partial charge in [0.1, 0.15) is 17.0 Å². The first-order valence-corrected chi connectivity index (χ1v) is 7.68. The SMILES string of the molecule is COc1ccc(Cc2ccc3nc4ccc(=O)cc-4oc3c2)cc1. The van der Waals surface area contributed by atoms with Gasteiger partial charge in [0.25, 0.3) is 0 Å². The number of hydrogen-bond acceptors (Lipinski definition) is 4. The van der Waals surface area contributed by atoms with Gasteiger partial charge in [-0.3, -0.25) is 4.79 Å². The van der Waals surface area contributed by atoms with Crippen molar-refractivity contribution in [3.05, 3.63) is 82.0 Å². The summed E-state index contributed by atoms with van der Waals surface area (Å²) in [4.78, 5) is 16.0. The molecular weight excluding hydrogens is 302 g/mol. The molecule has 0 fully saturated rings. The molecule has 4 heteroatoms. The number of fused-ring (bicyclic) bond motifs is 2. The summed E-state index contributed by atoms with van der Waals surface area (Å²) in [6, 6.07) is 18.6. The average molecular weight is 317 g/mol. The van der Waals surface area contributed by atoms with Gasteiger partial charge in [-0.1, -0.05) is 18.2 Å². The van der Waals surface area contributed by atoms with Gasteiger partial charge in [0.2, 0.25) is 0 Å². The lowest BCUT2D eigenvalue weighted by molar-refractivity contribution is 0.414. The van der Waals surface area contributed by atoms with Crippen LogP contribution in [0.4, 0.5) is 0 Å². The third-order valence-corrected chi connectivity index (χ3v) is 3.98. The molecule has 0 bridgehead atoms. The number of aromatic nitrogens is 1. The molecule has 0 saturated carbocycles. The zero-order valence-electron chi connectivity index (χ0n) is 13.2. The van der Waals surface area contributed by atoms with Gasteiger partial charge in [-0.15, -0.1) is 0 Å². The summed E-state index contributed by atoms with van der Waals surface area (Å²) < 4.78 is 11.0. The van der Waals surface area contributed by atoms with Gasteiger partial charge < -0.3 is 9.15 Å². The normalized spacial score (nSPS) is 11.0. The molecule has 24 heavy (non-hydrogen) atoms. The van der Waals surface area contributed by atoms with Crippen molar-refractivity contribution in [3.8, 4) is 17.2 Å². The van der Waals surface area contributed by atoms with Crippen LogP contribution in [0.2, 0.25) is 0 Å². The fraction of sp³-hybridized carbons (Fsp3) is 0.100. The van der Waals surface area contributed by atoms with Crippen LogP contribution in [0.25, 0.3) is 22.6 Å². The van der Waals surface area contributed by atoms with E-state index in [-0.39, 0.29) is 5.43 Å². The van der Waals surface area contributed by atoms with E-state index in [1.54, 1.807) is 13.2 Å². The van der Waals surface area contributed by atoms with E-state index < -0.39 is 0 Å². The highest BCUT2D eigenvalue weighted by Gasteiger charge is 2.09. The van der Waals surface area contributed by atoms with Gasteiger partial charge >= 0.3 is 0 Å². The standard InChI is InChI=1S/C20H15NO3/c1-23-16-6-2-13(3-7-16)10-14-4-8-17-19(11-14)24-20-12-15(22)5-9-18(20)21-17/h2-9,11-12H,10H2,1H3. The molecule has 4 nitrogen and oxygen atoms in total. The highest BCUT2D eigenvalue weighted by Crippen LogP contribution is 2.25. The van der Waals surface area contributed by atoms with Crippen LogP contribution in [0.5, 0.6) is 5.75 Å². The van der Waals surface area contributed by atoms with Gasteiger partial charge in [0, 0.05) is 6.07 Å². The van der Waals surface area contributed by atoms with Gasteiger partial charge in [0.15, 0.2) is 16.8 Å². The first kappa shape index (κ1) is 14.5. The summed E-state index contributed by atoms with van der Waals surface area (Å²) >= 11 is 0. The van der Waals surface area contributed by atoms with Gasteiger partial charge in [-0.2, -0.15) is 0 Å². The molecule has 1 aliphatic carbocycles. The third-order valence-electron chi connectivity index (χ3n) is 3.98. The largest absolute Gasteiger partial charge is 0.497 e. The minimum absolute atomic E-state index is 0.0817. The molecule has 2 aromatic carbocycles. The van der Waals surface area contributed by atoms with Crippen molar-refractivity contribution in [3.63, 3.8) is 0 Å². The maximum Gasteiger partial charge on any atom is 0.182 e. The van der Waals surface area contributed by atoms with E-state index in [9.17, 15) is 4.79 Å². The number of methoxy groups -OCH3 is 1. The maximum absolute atomic E-state index is 11.5. The second kappa shape index (κ2) is 5.81. The maximum atomic E-state index is 11.5. The summed E-state index contributed by atoms with van der Waals surface area (Å²) in [6.07, 6.45) is 0.787. The van der Waals surface area contributed by atoms with Crippen molar-refractivity contribution in [2.24, 2.45) is 0 Å². The molecule has 0 saturated heterocycles. The molecule has 118 valence electrons. The Morgan fingerprint density at radius 3 is 2.54 bits per heavy atom. The van der Waals surface area contributed by atoms with Crippen molar-refractivity contribution in [2.45, 2.75) is 6.42 Å². The van der Waals surface area contributed by atoms with Crippen LogP contribution in [0, 0.1) is 0 Å². The van der Waals surface area contributed by atoms with Gasteiger partial charge in [0.05, 0.1) is 7.11 Å². The van der Waals surface area contributed by atoms with Crippen molar-refractivity contribution in [1.82, 2.24) is 4.98 Å². The Morgan fingerprint density at radius 1 is 0.958 bits per heavy atom. The van der Waals surface area contributed by atoms with Crippen LogP contribution < -0.4 is 10.2 Å². The van der Waals surface area contributed by atoms with Crippen molar-refractivity contribution < 1.29 is 9.15 Å². The molecule has 2 aromatic rings. The number of ether oxygens (including phenoxy) is 1. The van der Waals surface area contributed by atoms with Crippen molar-refractivity contribution >= 4 is 11.1 Å². The number of nitrogens with zero attached hydrogens (tertiary/aromatic N) is 1. The molecule has 0 radical (unpaired) electrons. The van der Waals surface area contributed by atoms with Crippen LogP contribution in [0.3, 0.4) is 0 Å². The first-order valence-electron chi connectivity index (χ1n) is 7.68. The Kier molecular flexibility index (Phi) is 3.50. The van der Waals surface area contributed by atoms with Crippen LogP contribution in [-0.4, -0.2) is 12.1 Å². The molecule has 0 atom stereocenters. The highest BCUT2D eigenvalue weighted by atomic mass is 16.5. The fourth-order valence-corrected chi connectivity index (χ4v) is 2.74. The van der Waals surface area contributed by atoms with E-state index >= 15 is 0 Å². The van der Waals surface area contributed by atoms with Gasteiger partial charge in [-0.25, -0.2) is 4.98 Å². The summed E-state index contributed by atoms with van der Waals surface area (Å²) in [5.74, 6) is 1.35. The lowest BCUT2D eigenvalue weighted by Gasteiger charge is -2.08. The monoisotopic (exact) mass is 317 g/mol. The van der Waals surface area contributed by atoms with E-state index in [1.807, 2.05) is 42.5 Å². The third kappa shape index (κ3) is 2.74. The van der Waals surface area contributed by atoms with E-state index in [0.717, 1.165) is 23.3 Å². The summed E-state index contributed by atoms with van der Waals surface area (Å²) in [6.45, 7) is 0.